The van der Waals surface area contributed by atoms with E-state index in [2.05, 4.69) is 18.8 Å². The lowest BCUT2D eigenvalue weighted by molar-refractivity contribution is 1.39. The van der Waals surface area contributed by atoms with Crippen LogP contribution in [0.1, 0.15) is 10.4 Å². The fourth-order valence-corrected chi connectivity index (χ4v) is 2.81. The average Bonchev–Trinajstić information content (AvgIpc) is 2.27. The monoisotopic (exact) mass is 210 g/mol. The summed E-state index contributed by atoms with van der Waals surface area (Å²) >= 11 is 6.76. The molecule has 13 heavy (non-hydrogen) atoms. The summed E-state index contributed by atoms with van der Waals surface area (Å²) in [4.78, 5) is 5.52. The van der Waals surface area contributed by atoms with E-state index in [4.69, 9.17) is 18.0 Å². The second kappa shape index (κ2) is 2.82. The quantitative estimate of drug-likeness (QED) is 0.656. The highest BCUT2D eigenvalue weighted by atomic mass is 32.1. The van der Waals surface area contributed by atoms with Crippen LogP contribution < -0.4 is 5.73 Å². The topological polar surface area (TPSA) is 41.8 Å². The molecule has 2 aromatic heterocycles. The van der Waals surface area contributed by atoms with E-state index in [1.165, 1.54) is 10.4 Å². The largest absolute Gasteiger partial charge is 0.398 e. The number of hydrogen-bond donors (Lipinski definition) is 2. The predicted molar refractivity (Wildman–Crippen MR) is 60.9 cm³/mol. The number of nitrogens with one attached hydrogen (secondary N) is 1. The van der Waals surface area contributed by atoms with E-state index in [0.29, 0.717) is 4.64 Å². The summed E-state index contributed by atoms with van der Waals surface area (Å²) in [6, 6.07) is 1.80. The van der Waals surface area contributed by atoms with Crippen LogP contribution in [-0.4, -0.2) is 4.98 Å². The second-order valence-corrected chi connectivity index (χ2v) is 4.74. The van der Waals surface area contributed by atoms with Gasteiger partial charge < -0.3 is 10.7 Å². The summed E-state index contributed by atoms with van der Waals surface area (Å²) in [5.74, 6) is 0. The maximum Gasteiger partial charge on any atom is 0.106 e. The summed E-state index contributed by atoms with van der Waals surface area (Å²) in [5.41, 5.74) is 7.92. The molecule has 0 radical (unpaired) electrons. The Labute approximate surface area is 85.4 Å². The molecule has 2 nitrogen and oxygen atoms in total. The molecule has 0 aliphatic heterocycles. The second-order valence-electron chi connectivity index (χ2n) is 3.08. The summed E-state index contributed by atoms with van der Waals surface area (Å²) in [6.07, 6.45) is 0. The molecular formula is C9H10N2S2. The number of aryl methyl sites for hydroxylation is 2. The van der Waals surface area contributed by atoms with Crippen LogP contribution in [0, 0.1) is 18.5 Å². The lowest BCUT2D eigenvalue weighted by atomic mass is 10.2. The van der Waals surface area contributed by atoms with Crippen molar-refractivity contribution in [3.8, 4) is 0 Å². The number of pyridine rings is 1. The fraction of sp³-hybridized carbons (Fsp3) is 0.222. The Morgan fingerprint density at radius 1 is 1.46 bits per heavy atom. The molecule has 0 aromatic carbocycles. The molecule has 3 N–H and O–H groups in total. The average molecular weight is 210 g/mol. The van der Waals surface area contributed by atoms with Crippen molar-refractivity contribution in [2.75, 3.05) is 5.73 Å². The van der Waals surface area contributed by atoms with Gasteiger partial charge in [-0.2, -0.15) is 0 Å². The number of aromatic amines is 1. The van der Waals surface area contributed by atoms with Crippen molar-refractivity contribution >= 4 is 39.5 Å². The number of H-pyrrole nitrogens is 1. The van der Waals surface area contributed by atoms with E-state index in [1.807, 2.05) is 0 Å². The number of thiophene rings is 1. The molecule has 68 valence electrons. The highest BCUT2D eigenvalue weighted by molar-refractivity contribution is 7.71. The molecule has 0 aliphatic carbocycles. The molecule has 0 saturated heterocycles. The Bertz CT molecular complexity index is 522. The molecule has 0 amide bonds. The van der Waals surface area contributed by atoms with Crippen molar-refractivity contribution in [2.45, 2.75) is 13.8 Å². The molecule has 2 heterocycles. The van der Waals surface area contributed by atoms with E-state index in [1.54, 1.807) is 17.4 Å². The first kappa shape index (κ1) is 8.72. The lowest BCUT2D eigenvalue weighted by Crippen LogP contribution is -1.88. The summed E-state index contributed by atoms with van der Waals surface area (Å²) in [5, 5.41) is 1.12. The minimum absolute atomic E-state index is 0.700. The van der Waals surface area contributed by atoms with Crippen molar-refractivity contribution in [3.05, 3.63) is 21.1 Å². The first-order chi connectivity index (χ1) is 6.09. The van der Waals surface area contributed by atoms with E-state index < -0.39 is 0 Å². The number of fused-ring (bicyclic) bond motifs is 1. The van der Waals surface area contributed by atoms with Gasteiger partial charge in [-0.05, 0) is 25.5 Å². The molecular weight excluding hydrogens is 200 g/mol. The Morgan fingerprint density at radius 2 is 2.15 bits per heavy atom. The van der Waals surface area contributed by atoms with Gasteiger partial charge in [0.1, 0.15) is 9.47 Å². The maximum atomic E-state index is 5.89. The van der Waals surface area contributed by atoms with Gasteiger partial charge >= 0.3 is 0 Å². The van der Waals surface area contributed by atoms with Crippen LogP contribution in [0.25, 0.3) is 10.2 Å². The maximum absolute atomic E-state index is 5.89. The molecule has 0 atom stereocenters. The third-order valence-corrected chi connectivity index (χ3v) is 3.54. The Hall–Kier alpha value is -0.870. The van der Waals surface area contributed by atoms with E-state index in [-0.39, 0.29) is 0 Å². The van der Waals surface area contributed by atoms with E-state index >= 15 is 0 Å². The van der Waals surface area contributed by atoms with Crippen LogP contribution in [0.2, 0.25) is 0 Å². The molecule has 0 fully saturated rings. The van der Waals surface area contributed by atoms with E-state index in [9.17, 15) is 0 Å². The van der Waals surface area contributed by atoms with E-state index in [0.717, 1.165) is 15.9 Å². The van der Waals surface area contributed by atoms with Crippen LogP contribution in [0.4, 0.5) is 5.69 Å². The highest BCUT2D eigenvalue weighted by Crippen LogP contribution is 2.32. The van der Waals surface area contributed by atoms with Crippen molar-refractivity contribution < 1.29 is 0 Å². The zero-order valence-electron chi connectivity index (χ0n) is 7.47. The molecule has 2 aromatic rings. The van der Waals surface area contributed by atoms with Crippen molar-refractivity contribution in [2.24, 2.45) is 0 Å². The Kier molecular flexibility index (Phi) is 1.89. The predicted octanol–water partition coefficient (Wildman–Crippen LogP) is 3.16. The number of nitrogen functional groups attached to an aromatic ring is 1. The normalized spacial score (nSPS) is 10.9. The number of nitrogens with two attached hydrogens (primary N) is 1. The van der Waals surface area contributed by atoms with Crippen LogP contribution in [-0.2, 0) is 0 Å². The molecule has 0 aliphatic rings. The number of rotatable bonds is 0. The van der Waals surface area contributed by atoms with Crippen LogP contribution in [0.5, 0.6) is 0 Å². The van der Waals surface area contributed by atoms with Gasteiger partial charge in [0.05, 0.1) is 0 Å². The van der Waals surface area contributed by atoms with Gasteiger partial charge in [-0.15, -0.1) is 11.3 Å². The summed E-state index contributed by atoms with van der Waals surface area (Å²) in [6.45, 7) is 4.18. The van der Waals surface area contributed by atoms with Gasteiger partial charge in [-0.1, -0.05) is 12.2 Å². The zero-order valence-corrected chi connectivity index (χ0v) is 9.10. The van der Waals surface area contributed by atoms with Crippen LogP contribution >= 0.6 is 23.6 Å². The standard InChI is InChI=1S/C9H10N2S2/c1-4-5(2)13-9-8(4)6(10)3-7(12)11-9/h3H,1-2H3,(H3,10,11,12). The molecule has 0 bridgehead atoms. The molecule has 0 spiro atoms. The Balaban J connectivity index is 3.03. The van der Waals surface area contributed by atoms with Gasteiger partial charge in [-0.25, -0.2) is 0 Å². The minimum Gasteiger partial charge on any atom is -0.398 e. The number of hydrogen-bond acceptors (Lipinski definition) is 3. The third kappa shape index (κ3) is 1.26. The summed E-state index contributed by atoms with van der Waals surface area (Å²) in [7, 11) is 0. The highest BCUT2D eigenvalue weighted by Gasteiger charge is 2.07. The molecule has 4 heteroatoms. The molecule has 0 saturated carbocycles. The van der Waals surface area contributed by atoms with Gasteiger partial charge in [0.25, 0.3) is 0 Å². The molecule has 2 rings (SSSR count). The fourth-order valence-electron chi connectivity index (χ4n) is 1.42. The summed E-state index contributed by atoms with van der Waals surface area (Å²) < 4.78 is 0.700. The van der Waals surface area contributed by atoms with Gasteiger partial charge in [0.2, 0.25) is 0 Å². The smallest absolute Gasteiger partial charge is 0.106 e. The zero-order chi connectivity index (χ0) is 9.59. The number of anilines is 1. The molecule has 0 unspecified atom stereocenters. The first-order valence-electron chi connectivity index (χ1n) is 3.98. The van der Waals surface area contributed by atoms with Gasteiger partial charge in [0, 0.05) is 16.0 Å². The third-order valence-electron chi connectivity index (χ3n) is 2.20. The van der Waals surface area contributed by atoms with Crippen molar-refractivity contribution in [1.29, 1.82) is 0 Å². The van der Waals surface area contributed by atoms with Gasteiger partial charge in [0.15, 0.2) is 0 Å². The number of aromatic nitrogens is 1. The lowest BCUT2D eigenvalue weighted by Gasteiger charge is -1.97. The van der Waals surface area contributed by atoms with Crippen molar-refractivity contribution in [3.63, 3.8) is 0 Å². The SMILES string of the molecule is Cc1sc2[nH]c(=S)cc(N)c2c1C. The Morgan fingerprint density at radius 3 is 2.85 bits per heavy atom. The van der Waals surface area contributed by atoms with Crippen molar-refractivity contribution in [1.82, 2.24) is 4.98 Å². The first-order valence-corrected chi connectivity index (χ1v) is 5.20. The van der Waals surface area contributed by atoms with Crippen LogP contribution in [0.15, 0.2) is 6.07 Å². The van der Waals surface area contributed by atoms with Gasteiger partial charge in [-0.3, -0.25) is 0 Å². The van der Waals surface area contributed by atoms with Crippen LogP contribution in [0.3, 0.4) is 0 Å². The minimum atomic E-state index is 0.700.